The Hall–Kier alpha value is -2.51. The van der Waals surface area contributed by atoms with Crippen molar-refractivity contribution in [2.24, 2.45) is 5.73 Å². The Labute approximate surface area is 115 Å². The van der Waals surface area contributed by atoms with E-state index < -0.39 is 23.9 Å². The van der Waals surface area contributed by atoms with Crippen LogP contribution in [0.3, 0.4) is 0 Å². The number of primary amides is 1. The van der Waals surface area contributed by atoms with Crippen molar-refractivity contribution in [2.45, 2.75) is 25.3 Å². The maximum atomic E-state index is 11.5. The standard InChI is InChI=1S/C12H17N3O5/c13-10(16)4-3-9(11(17)18)15-12(19)14-6-5-8-2-1-7-20-8/h1-2,7,9H,3-6H2,(H2,13,16)(H,17,18)(H2,14,15,19)/t9-/m0/s1. The van der Waals surface area contributed by atoms with E-state index in [2.05, 4.69) is 10.6 Å². The first-order valence-corrected chi connectivity index (χ1v) is 6.07. The van der Waals surface area contributed by atoms with Crippen LogP contribution in [-0.2, 0) is 16.0 Å². The molecule has 0 saturated heterocycles. The lowest BCUT2D eigenvalue weighted by molar-refractivity contribution is -0.139. The van der Waals surface area contributed by atoms with Gasteiger partial charge in [-0.15, -0.1) is 0 Å². The average Bonchev–Trinajstić information content (AvgIpc) is 2.87. The minimum absolute atomic E-state index is 0.0454. The molecule has 3 amide bonds. The highest BCUT2D eigenvalue weighted by Gasteiger charge is 2.20. The van der Waals surface area contributed by atoms with Gasteiger partial charge in [-0.3, -0.25) is 4.79 Å². The topological polar surface area (TPSA) is 135 Å². The zero-order valence-electron chi connectivity index (χ0n) is 10.8. The Kier molecular flexibility index (Phi) is 6.08. The van der Waals surface area contributed by atoms with E-state index in [4.69, 9.17) is 15.3 Å². The third-order valence-electron chi connectivity index (χ3n) is 2.52. The minimum atomic E-state index is -1.22. The molecule has 8 nitrogen and oxygen atoms in total. The van der Waals surface area contributed by atoms with E-state index in [1.165, 1.54) is 6.26 Å². The summed E-state index contributed by atoms with van der Waals surface area (Å²) >= 11 is 0. The van der Waals surface area contributed by atoms with Crippen LogP contribution in [0.2, 0.25) is 0 Å². The number of hydrogen-bond donors (Lipinski definition) is 4. The second-order valence-electron chi connectivity index (χ2n) is 4.13. The number of amides is 3. The number of carboxylic acid groups (broad SMARTS) is 1. The number of nitrogens with two attached hydrogens (primary N) is 1. The van der Waals surface area contributed by atoms with Crippen LogP contribution in [0, 0.1) is 0 Å². The Morgan fingerprint density at radius 3 is 2.70 bits per heavy atom. The highest BCUT2D eigenvalue weighted by atomic mass is 16.4. The number of urea groups is 1. The number of carbonyl (C=O) groups excluding carboxylic acids is 2. The normalized spacial score (nSPS) is 11.6. The van der Waals surface area contributed by atoms with Crippen LogP contribution in [0.25, 0.3) is 0 Å². The third-order valence-corrected chi connectivity index (χ3v) is 2.52. The molecule has 5 N–H and O–H groups in total. The van der Waals surface area contributed by atoms with Crippen LogP contribution in [0.5, 0.6) is 0 Å². The average molecular weight is 283 g/mol. The van der Waals surface area contributed by atoms with Gasteiger partial charge in [-0.25, -0.2) is 9.59 Å². The van der Waals surface area contributed by atoms with E-state index in [0.717, 1.165) is 0 Å². The first-order valence-electron chi connectivity index (χ1n) is 6.07. The van der Waals surface area contributed by atoms with E-state index >= 15 is 0 Å². The van der Waals surface area contributed by atoms with Crippen LogP contribution < -0.4 is 16.4 Å². The molecule has 0 spiro atoms. The molecule has 0 unspecified atom stereocenters. The van der Waals surface area contributed by atoms with Gasteiger partial charge >= 0.3 is 12.0 Å². The quantitative estimate of drug-likeness (QED) is 0.526. The highest BCUT2D eigenvalue weighted by molar-refractivity contribution is 5.83. The first kappa shape index (κ1) is 15.5. The molecule has 1 aromatic heterocycles. The summed E-state index contributed by atoms with van der Waals surface area (Å²) in [5.41, 5.74) is 4.94. The summed E-state index contributed by atoms with van der Waals surface area (Å²) in [6.45, 7) is 0.307. The van der Waals surface area contributed by atoms with Gasteiger partial charge in [-0.2, -0.15) is 0 Å². The van der Waals surface area contributed by atoms with Gasteiger partial charge in [0.2, 0.25) is 5.91 Å². The van der Waals surface area contributed by atoms with Crippen molar-refractivity contribution in [3.63, 3.8) is 0 Å². The summed E-state index contributed by atoms with van der Waals surface area (Å²) in [7, 11) is 0. The Morgan fingerprint density at radius 1 is 1.40 bits per heavy atom. The van der Waals surface area contributed by atoms with E-state index in [9.17, 15) is 14.4 Å². The zero-order valence-corrected chi connectivity index (χ0v) is 10.8. The fourth-order valence-corrected chi connectivity index (χ4v) is 1.51. The number of nitrogens with one attached hydrogen (secondary N) is 2. The first-order chi connectivity index (χ1) is 9.49. The van der Waals surface area contributed by atoms with Crippen LogP contribution in [0.1, 0.15) is 18.6 Å². The Morgan fingerprint density at radius 2 is 2.15 bits per heavy atom. The predicted octanol–water partition coefficient (Wildman–Crippen LogP) is -0.160. The second-order valence-corrected chi connectivity index (χ2v) is 4.13. The van der Waals surface area contributed by atoms with Gasteiger partial charge in [0, 0.05) is 19.4 Å². The van der Waals surface area contributed by atoms with E-state index in [-0.39, 0.29) is 12.8 Å². The van der Waals surface area contributed by atoms with Crippen molar-refractivity contribution in [3.8, 4) is 0 Å². The molecule has 1 rings (SSSR count). The molecular weight excluding hydrogens is 266 g/mol. The molecule has 8 heteroatoms. The Bertz CT molecular complexity index is 458. The summed E-state index contributed by atoms with van der Waals surface area (Å²) in [6, 6.07) is 1.74. The van der Waals surface area contributed by atoms with E-state index in [1.54, 1.807) is 12.1 Å². The molecule has 0 aliphatic rings. The summed E-state index contributed by atoms with van der Waals surface area (Å²) in [5, 5.41) is 13.7. The van der Waals surface area contributed by atoms with E-state index in [0.29, 0.717) is 18.7 Å². The third kappa shape index (κ3) is 5.89. The molecule has 0 aromatic carbocycles. The van der Waals surface area contributed by atoms with Crippen molar-refractivity contribution in [1.29, 1.82) is 0 Å². The number of rotatable bonds is 8. The van der Waals surface area contributed by atoms with Crippen molar-refractivity contribution < 1.29 is 23.9 Å². The van der Waals surface area contributed by atoms with Gasteiger partial charge in [0.05, 0.1) is 6.26 Å². The lowest BCUT2D eigenvalue weighted by atomic mass is 10.1. The van der Waals surface area contributed by atoms with Crippen molar-refractivity contribution in [3.05, 3.63) is 24.2 Å². The molecule has 1 atom stereocenters. The number of furan rings is 1. The molecule has 0 radical (unpaired) electrons. The zero-order chi connectivity index (χ0) is 15.0. The lowest BCUT2D eigenvalue weighted by Crippen LogP contribution is -2.46. The maximum Gasteiger partial charge on any atom is 0.326 e. The van der Waals surface area contributed by atoms with Crippen LogP contribution >= 0.6 is 0 Å². The predicted molar refractivity (Wildman–Crippen MR) is 68.8 cm³/mol. The van der Waals surface area contributed by atoms with Crippen LogP contribution in [0.15, 0.2) is 22.8 Å². The summed E-state index contributed by atoms with van der Waals surface area (Å²) in [6.07, 6.45) is 1.87. The fraction of sp³-hybridized carbons (Fsp3) is 0.417. The van der Waals surface area contributed by atoms with Crippen molar-refractivity contribution in [2.75, 3.05) is 6.54 Å². The highest BCUT2D eigenvalue weighted by Crippen LogP contribution is 2.00. The number of carboxylic acids is 1. The summed E-state index contributed by atoms with van der Waals surface area (Å²) in [4.78, 5) is 33.0. The molecule has 1 heterocycles. The molecule has 20 heavy (non-hydrogen) atoms. The fourth-order valence-electron chi connectivity index (χ4n) is 1.51. The summed E-state index contributed by atoms with van der Waals surface area (Å²) in [5.74, 6) is -1.11. The maximum absolute atomic E-state index is 11.5. The lowest BCUT2D eigenvalue weighted by Gasteiger charge is -2.14. The van der Waals surface area contributed by atoms with Gasteiger partial charge in [0.25, 0.3) is 0 Å². The largest absolute Gasteiger partial charge is 0.480 e. The Balaban J connectivity index is 2.30. The SMILES string of the molecule is NC(=O)CC[C@H](NC(=O)NCCc1ccco1)C(=O)O. The van der Waals surface area contributed by atoms with Gasteiger partial charge < -0.3 is 25.9 Å². The smallest absolute Gasteiger partial charge is 0.326 e. The number of carbonyl (C=O) groups is 3. The minimum Gasteiger partial charge on any atom is -0.480 e. The second kappa shape index (κ2) is 7.82. The molecule has 0 bridgehead atoms. The van der Waals surface area contributed by atoms with Gasteiger partial charge in [0.15, 0.2) is 0 Å². The molecule has 0 saturated carbocycles. The molecule has 0 aliphatic heterocycles. The van der Waals surface area contributed by atoms with Crippen molar-refractivity contribution in [1.82, 2.24) is 10.6 Å². The van der Waals surface area contributed by atoms with Gasteiger partial charge in [-0.05, 0) is 18.6 Å². The molecular formula is C12H17N3O5. The van der Waals surface area contributed by atoms with Gasteiger partial charge in [0.1, 0.15) is 11.8 Å². The van der Waals surface area contributed by atoms with Crippen LogP contribution in [0.4, 0.5) is 4.79 Å². The van der Waals surface area contributed by atoms with E-state index in [1.807, 2.05) is 0 Å². The van der Waals surface area contributed by atoms with Crippen LogP contribution in [-0.4, -0.2) is 35.6 Å². The molecule has 110 valence electrons. The van der Waals surface area contributed by atoms with Crippen molar-refractivity contribution >= 4 is 17.9 Å². The summed E-state index contributed by atoms with van der Waals surface area (Å²) < 4.78 is 5.08. The molecule has 0 fully saturated rings. The van der Waals surface area contributed by atoms with Gasteiger partial charge in [-0.1, -0.05) is 0 Å². The molecule has 1 aromatic rings. The monoisotopic (exact) mass is 283 g/mol. The number of aliphatic carboxylic acids is 1. The number of hydrogen-bond acceptors (Lipinski definition) is 4. The molecule has 0 aliphatic carbocycles.